The second-order valence-corrected chi connectivity index (χ2v) is 8.35. The molecule has 0 unspecified atom stereocenters. The van der Waals surface area contributed by atoms with Crippen LogP contribution in [-0.2, 0) is 19.4 Å². The van der Waals surface area contributed by atoms with Crippen molar-refractivity contribution in [3.63, 3.8) is 0 Å². The number of benzene rings is 2. The SMILES string of the molecule is O=C(C[C@H]1CCS(=O)(=O)C1)OCC(=O)c1ccc2ccccc2c1. The molecule has 2 aromatic rings. The maximum absolute atomic E-state index is 12.2. The molecule has 1 aliphatic rings. The van der Waals surface area contributed by atoms with Gasteiger partial charge < -0.3 is 4.74 Å². The Balaban J connectivity index is 1.55. The topological polar surface area (TPSA) is 77.5 Å². The molecule has 0 spiro atoms. The van der Waals surface area contributed by atoms with Crippen molar-refractivity contribution < 1.29 is 22.7 Å². The minimum absolute atomic E-state index is 0.0285. The first-order valence-electron chi connectivity index (χ1n) is 7.81. The van der Waals surface area contributed by atoms with Gasteiger partial charge in [0.2, 0.25) is 0 Å². The molecule has 0 bridgehead atoms. The van der Waals surface area contributed by atoms with E-state index in [1.807, 2.05) is 30.3 Å². The van der Waals surface area contributed by atoms with Crippen LogP contribution >= 0.6 is 0 Å². The predicted molar refractivity (Wildman–Crippen MR) is 90.6 cm³/mol. The van der Waals surface area contributed by atoms with Gasteiger partial charge in [-0.1, -0.05) is 36.4 Å². The summed E-state index contributed by atoms with van der Waals surface area (Å²) in [7, 11) is -3.01. The highest BCUT2D eigenvalue weighted by Gasteiger charge is 2.30. The van der Waals surface area contributed by atoms with Gasteiger partial charge in [0.15, 0.2) is 22.2 Å². The largest absolute Gasteiger partial charge is 0.457 e. The van der Waals surface area contributed by atoms with Crippen molar-refractivity contribution >= 4 is 32.4 Å². The summed E-state index contributed by atoms with van der Waals surface area (Å²) in [4.78, 5) is 23.9. The Morgan fingerprint density at radius 1 is 1.08 bits per heavy atom. The summed E-state index contributed by atoms with van der Waals surface area (Å²) in [6.07, 6.45) is 0.528. The van der Waals surface area contributed by atoms with Crippen molar-refractivity contribution in [3.05, 3.63) is 48.0 Å². The first kappa shape index (κ1) is 16.6. The lowest BCUT2D eigenvalue weighted by atomic mass is 10.0. The molecule has 0 amide bonds. The zero-order valence-electron chi connectivity index (χ0n) is 13.1. The van der Waals surface area contributed by atoms with Crippen LogP contribution < -0.4 is 0 Å². The average Bonchev–Trinajstić information content (AvgIpc) is 2.90. The molecule has 1 atom stereocenters. The molecule has 1 fully saturated rings. The molecule has 0 aromatic heterocycles. The quantitative estimate of drug-likeness (QED) is 0.614. The van der Waals surface area contributed by atoms with Gasteiger partial charge in [0, 0.05) is 12.0 Å². The second kappa shape index (κ2) is 6.73. The lowest BCUT2D eigenvalue weighted by Gasteiger charge is -2.08. The van der Waals surface area contributed by atoms with E-state index in [1.54, 1.807) is 12.1 Å². The van der Waals surface area contributed by atoms with E-state index in [-0.39, 0.29) is 36.2 Å². The molecule has 1 heterocycles. The fourth-order valence-corrected chi connectivity index (χ4v) is 4.78. The number of Topliss-reactive ketones (excluding diaryl/α,β-unsaturated/α-hetero) is 1. The highest BCUT2D eigenvalue weighted by molar-refractivity contribution is 7.91. The average molecular weight is 346 g/mol. The molecular formula is C18H18O5S. The Bertz CT molecular complexity index is 885. The molecule has 6 heteroatoms. The van der Waals surface area contributed by atoms with Gasteiger partial charge in [-0.2, -0.15) is 0 Å². The summed E-state index contributed by atoms with van der Waals surface area (Å²) in [6, 6.07) is 13.0. The van der Waals surface area contributed by atoms with Gasteiger partial charge in [-0.05, 0) is 29.2 Å². The van der Waals surface area contributed by atoms with E-state index < -0.39 is 15.8 Å². The van der Waals surface area contributed by atoms with E-state index in [4.69, 9.17) is 4.74 Å². The standard InChI is InChI=1S/C18H18O5S/c19-17(16-6-5-14-3-1-2-4-15(14)10-16)11-23-18(20)9-13-7-8-24(21,22)12-13/h1-6,10,13H,7-9,11-12H2/t13-/m1/s1. The minimum Gasteiger partial charge on any atom is -0.457 e. The number of esters is 1. The molecule has 5 nitrogen and oxygen atoms in total. The Hall–Kier alpha value is -2.21. The molecule has 1 saturated heterocycles. The highest BCUT2D eigenvalue weighted by atomic mass is 32.2. The van der Waals surface area contributed by atoms with Crippen molar-refractivity contribution in [2.24, 2.45) is 5.92 Å². The van der Waals surface area contributed by atoms with Crippen LogP contribution in [0.3, 0.4) is 0 Å². The number of hydrogen-bond donors (Lipinski definition) is 0. The Morgan fingerprint density at radius 3 is 2.54 bits per heavy atom. The fourth-order valence-electron chi connectivity index (χ4n) is 2.92. The van der Waals surface area contributed by atoms with E-state index in [0.29, 0.717) is 12.0 Å². The molecule has 0 N–H and O–H groups in total. The van der Waals surface area contributed by atoms with Crippen LogP contribution in [0, 0.1) is 5.92 Å². The van der Waals surface area contributed by atoms with Gasteiger partial charge in [0.25, 0.3) is 0 Å². The summed E-state index contributed by atoms with van der Waals surface area (Å²) < 4.78 is 27.8. The Kier molecular flexibility index (Phi) is 4.66. The molecule has 2 aromatic carbocycles. The summed E-state index contributed by atoms with van der Waals surface area (Å²) in [5.74, 6) is -0.834. The molecule has 24 heavy (non-hydrogen) atoms. The van der Waals surface area contributed by atoms with Gasteiger partial charge in [0.1, 0.15) is 0 Å². The number of sulfone groups is 1. The molecule has 3 rings (SSSR count). The summed E-state index contributed by atoms with van der Waals surface area (Å²) in [5.41, 5.74) is 0.491. The minimum atomic E-state index is -3.01. The van der Waals surface area contributed by atoms with Crippen LogP contribution in [0.5, 0.6) is 0 Å². The first-order chi connectivity index (χ1) is 11.4. The normalized spacial score (nSPS) is 19.2. The zero-order valence-corrected chi connectivity index (χ0v) is 13.9. The predicted octanol–water partition coefficient (Wildman–Crippen LogP) is 2.39. The smallest absolute Gasteiger partial charge is 0.306 e. The van der Waals surface area contributed by atoms with Crippen LogP contribution in [0.15, 0.2) is 42.5 Å². The number of fused-ring (bicyclic) bond motifs is 1. The summed E-state index contributed by atoms with van der Waals surface area (Å²) in [5, 5.41) is 1.99. The number of ketones is 1. The van der Waals surface area contributed by atoms with Crippen LogP contribution in [0.1, 0.15) is 23.2 Å². The second-order valence-electron chi connectivity index (χ2n) is 6.12. The molecule has 1 aliphatic heterocycles. The van der Waals surface area contributed by atoms with E-state index >= 15 is 0 Å². The van der Waals surface area contributed by atoms with E-state index in [2.05, 4.69) is 0 Å². The molecule has 0 aliphatic carbocycles. The van der Waals surface area contributed by atoms with E-state index in [9.17, 15) is 18.0 Å². The van der Waals surface area contributed by atoms with Crippen LogP contribution in [-0.4, -0.2) is 38.3 Å². The Morgan fingerprint density at radius 2 is 1.83 bits per heavy atom. The van der Waals surface area contributed by atoms with Gasteiger partial charge in [-0.15, -0.1) is 0 Å². The third-order valence-corrected chi connectivity index (χ3v) is 6.05. The van der Waals surface area contributed by atoms with Crippen molar-refractivity contribution in [1.82, 2.24) is 0 Å². The fraction of sp³-hybridized carbons (Fsp3) is 0.333. The molecular weight excluding hydrogens is 328 g/mol. The first-order valence-corrected chi connectivity index (χ1v) is 9.63. The van der Waals surface area contributed by atoms with Crippen LogP contribution in [0.25, 0.3) is 10.8 Å². The lowest BCUT2D eigenvalue weighted by molar-refractivity contribution is -0.143. The van der Waals surface area contributed by atoms with Crippen molar-refractivity contribution in [1.29, 1.82) is 0 Å². The number of rotatable bonds is 5. The van der Waals surface area contributed by atoms with Gasteiger partial charge in [-0.3, -0.25) is 9.59 Å². The highest BCUT2D eigenvalue weighted by Crippen LogP contribution is 2.22. The molecule has 0 saturated carbocycles. The van der Waals surface area contributed by atoms with Gasteiger partial charge in [-0.25, -0.2) is 8.42 Å². The lowest BCUT2D eigenvalue weighted by Crippen LogP contribution is -2.17. The van der Waals surface area contributed by atoms with E-state index in [0.717, 1.165) is 10.8 Å². The van der Waals surface area contributed by atoms with Gasteiger partial charge in [0.05, 0.1) is 11.5 Å². The van der Waals surface area contributed by atoms with Crippen LogP contribution in [0.2, 0.25) is 0 Å². The van der Waals surface area contributed by atoms with Crippen molar-refractivity contribution in [2.75, 3.05) is 18.1 Å². The van der Waals surface area contributed by atoms with Crippen molar-refractivity contribution in [2.45, 2.75) is 12.8 Å². The van der Waals surface area contributed by atoms with Gasteiger partial charge >= 0.3 is 5.97 Å². The molecule has 126 valence electrons. The third kappa shape index (κ3) is 4.00. The maximum atomic E-state index is 12.2. The van der Waals surface area contributed by atoms with Crippen molar-refractivity contribution in [3.8, 4) is 0 Å². The maximum Gasteiger partial charge on any atom is 0.306 e. The van der Waals surface area contributed by atoms with E-state index in [1.165, 1.54) is 0 Å². The molecule has 0 radical (unpaired) electrons. The summed E-state index contributed by atoms with van der Waals surface area (Å²) >= 11 is 0. The number of ether oxygens (including phenoxy) is 1. The number of carbonyl (C=O) groups excluding carboxylic acids is 2. The third-order valence-electron chi connectivity index (χ3n) is 4.22. The summed E-state index contributed by atoms with van der Waals surface area (Å²) in [6.45, 7) is -0.323. The monoisotopic (exact) mass is 346 g/mol. The van der Waals surface area contributed by atoms with Crippen LogP contribution in [0.4, 0.5) is 0 Å². The number of hydrogen-bond acceptors (Lipinski definition) is 5. The Labute approximate surface area is 140 Å². The zero-order chi connectivity index (χ0) is 17.2. The number of carbonyl (C=O) groups is 2.